The molecule has 1 unspecified atom stereocenters. The number of hydrogen-bond donors (Lipinski definition) is 2. The Morgan fingerprint density at radius 2 is 2.00 bits per heavy atom. The first-order chi connectivity index (χ1) is 10.2. The lowest BCUT2D eigenvalue weighted by molar-refractivity contribution is -0.123. The Balaban J connectivity index is 1.65. The number of nitrogens with two attached hydrogens (primary N) is 2. The first kappa shape index (κ1) is 16.4. The molecule has 1 atom stereocenters. The van der Waals surface area contributed by atoms with Crippen LogP contribution in [-0.4, -0.2) is 72.4 Å². The highest BCUT2D eigenvalue weighted by Gasteiger charge is 2.23. The van der Waals surface area contributed by atoms with Gasteiger partial charge in [0.15, 0.2) is 5.96 Å². The third-order valence-electron chi connectivity index (χ3n) is 4.15. The van der Waals surface area contributed by atoms with Crippen LogP contribution >= 0.6 is 11.8 Å². The first-order valence-electron chi connectivity index (χ1n) is 7.81. The van der Waals surface area contributed by atoms with Gasteiger partial charge in [-0.05, 0) is 32.4 Å². The summed E-state index contributed by atoms with van der Waals surface area (Å²) in [5.74, 6) is 2.82. The van der Waals surface area contributed by atoms with E-state index in [1.807, 2.05) is 11.8 Å². The fraction of sp³-hybridized carbons (Fsp3) is 0.857. The number of guanidine groups is 1. The number of thioether (sulfide) groups is 1. The van der Waals surface area contributed by atoms with Gasteiger partial charge in [-0.3, -0.25) is 9.79 Å². The Hall–Kier alpha value is -0.950. The topological polar surface area (TPSA) is 88.0 Å². The van der Waals surface area contributed by atoms with Crippen molar-refractivity contribution in [1.29, 1.82) is 0 Å². The quantitative estimate of drug-likeness (QED) is 0.422. The highest BCUT2D eigenvalue weighted by atomic mass is 32.2. The summed E-state index contributed by atoms with van der Waals surface area (Å²) in [5, 5.41) is 0. The number of piperidine rings is 1. The number of carbonyl (C=O) groups is 1. The smallest absolute Gasteiger partial charge is 0.221 e. The standard InChI is InChI=1S/C14H27N5OS/c15-13(20)12-3-1-5-18(11-12)6-2-4-17-14(16)19-7-9-21-10-8-19/h12H,1-11H2,(H2,15,20)(H2,16,17). The maximum atomic E-state index is 11.2. The monoisotopic (exact) mass is 313 g/mol. The second-order valence-corrected chi connectivity index (χ2v) is 6.96. The van der Waals surface area contributed by atoms with Gasteiger partial charge in [0.1, 0.15) is 0 Å². The van der Waals surface area contributed by atoms with Crippen LogP contribution in [0.1, 0.15) is 19.3 Å². The van der Waals surface area contributed by atoms with Crippen LogP contribution in [0, 0.1) is 5.92 Å². The number of hydrogen-bond acceptors (Lipinski definition) is 4. The van der Waals surface area contributed by atoms with Gasteiger partial charge in [0.2, 0.25) is 5.91 Å². The fourth-order valence-electron chi connectivity index (χ4n) is 2.87. The van der Waals surface area contributed by atoms with Gasteiger partial charge >= 0.3 is 0 Å². The van der Waals surface area contributed by atoms with Crippen LogP contribution in [0.15, 0.2) is 4.99 Å². The zero-order valence-electron chi connectivity index (χ0n) is 12.7. The number of aliphatic imine (C=N–C) groups is 1. The molecule has 7 heteroatoms. The van der Waals surface area contributed by atoms with E-state index < -0.39 is 0 Å². The molecule has 0 saturated carbocycles. The molecule has 4 N–H and O–H groups in total. The van der Waals surface area contributed by atoms with Gasteiger partial charge in [0, 0.05) is 37.7 Å². The maximum absolute atomic E-state index is 11.2. The third kappa shape index (κ3) is 5.39. The predicted molar refractivity (Wildman–Crippen MR) is 88.4 cm³/mol. The molecule has 0 aromatic heterocycles. The molecule has 120 valence electrons. The average Bonchev–Trinajstić information content (AvgIpc) is 2.52. The SMILES string of the molecule is NC(=O)C1CCCN(CCCN=C(N)N2CCSCC2)C1. The molecular formula is C14H27N5OS. The Morgan fingerprint density at radius 1 is 1.24 bits per heavy atom. The van der Waals surface area contributed by atoms with E-state index in [9.17, 15) is 4.79 Å². The van der Waals surface area contributed by atoms with E-state index in [2.05, 4.69) is 14.8 Å². The van der Waals surface area contributed by atoms with E-state index in [0.29, 0.717) is 5.96 Å². The van der Waals surface area contributed by atoms with Crippen molar-refractivity contribution in [2.75, 3.05) is 50.8 Å². The Morgan fingerprint density at radius 3 is 2.71 bits per heavy atom. The molecule has 0 bridgehead atoms. The lowest BCUT2D eigenvalue weighted by Gasteiger charge is -2.31. The molecule has 1 amide bonds. The lowest BCUT2D eigenvalue weighted by atomic mass is 9.97. The first-order valence-corrected chi connectivity index (χ1v) is 8.96. The summed E-state index contributed by atoms with van der Waals surface area (Å²) in [6.07, 6.45) is 2.98. The lowest BCUT2D eigenvalue weighted by Crippen LogP contribution is -2.43. The van der Waals surface area contributed by atoms with Crippen molar-refractivity contribution in [3.8, 4) is 0 Å². The Bertz CT molecular complexity index is 370. The van der Waals surface area contributed by atoms with Gasteiger partial charge in [0.05, 0.1) is 5.92 Å². The van der Waals surface area contributed by atoms with Crippen LogP contribution in [0.3, 0.4) is 0 Å². The van der Waals surface area contributed by atoms with Crippen LogP contribution in [0.5, 0.6) is 0 Å². The molecule has 0 aliphatic carbocycles. The molecule has 6 nitrogen and oxygen atoms in total. The van der Waals surface area contributed by atoms with Crippen LogP contribution < -0.4 is 11.5 Å². The van der Waals surface area contributed by atoms with Crippen molar-refractivity contribution in [2.24, 2.45) is 22.4 Å². The average molecular weight is 313 g/mol. The van der Waals surface area contributed by atoms with Gasteiger partial charge < -0.3 is 21.3 Å². The molecule has 0 aromatic rings. The number of rotatable bonds is 5. The minimum Gasteiger partial charge on any atom is -0.370 e. The molecule has 2 heterocycles. The van der Waals surface area contributed by atoms with Crippen LogP contribution in [0.4, 0.5) is 0 Å². The van der Waals surface area contributed by atoms with Crippen molar-refractivity contribution >= 4 is 23.6 Å². The third-order valence-corrected chi connectivity index (χ3v) is 5.09. The summed E-state index contributed by atoms with van der Waals surface area (Å²) in [6, 6.07) is 0. The molecule has 0 aromatic carbocycles. The van der Waals surface area contributed by atoms with Gasteiger partial charge in [0.25, 0.3) is 0 Å². The van der Waals surface area contributed by atoms with E-state index >= 15 is 0 Å². The highest BCUT2D eigenvalue weighted by Crippen LogP contribution is 2.16. The minimum atomic E-state index is -0.162. The van der Waals surface area contributed by atoms with Crippen LogP contribution in [0.2, 0.25) is 0 Å². The van der Waals surface area contributed by atoms with Crippen molar-refractivity contribution in [1.82, 2.24) is 9.80 Å². The molecule has 2 rings (SSSR count). The number of primary amides is 1. The second kappa shape index (κ2) is 8.48. The Kier molecular flexibility index (Phi) is 6.63. The zero-order valence-corrected chi connectivity index (χ0v) is 13.5. The number of likely N-dealkylation sites (tertiary alicyclic amines) is 1. The van der Waals surface area contributed by atoms with E-state index in [0.717, 1.165) is 70.0 Å². The molecule has 0 spiro atoms. The van der Waals surface area contributed by atoms with E-state index in [4.69, 9.17) is 11.5 Å². The molecule has 2 fully saturated rings. The molecule has 2 saturated heterocycles. The Labute approximate surface area is 131 Å². The second-order valence-electron chi connectivity index (χ2n) is 5.74. The molecular weight excluding hydrogens is 286 g/mol. The van der Waals surface area contributed by atoms with Crippen molar-refractivity contribution in [2.45, 2.75) is 19.3 Å². The predicted octanol–water partition coefficient (Wildman–Crippen LogP) is -0.0627. The van der Waals surface area contributed by atoms with Gasteiger partial charge in [-0.1, -0.05) is 0 Å². The van der Waals surface area contributed by atoms with E-state index in [-0.39, 0.29) is 11.8 Å². The molecule has 2 aliphatic rings. The maximum Gasteiger partial charge on any atom is 0.221 e. The molecule has 21 heavy (non-hydrogen) atoms. The summed E-state index contributed by atoms with van der Waals surface area (Å²) >= 11 is 1.97. The molecule has 0 radical (unpaired) electrons. The summed E-state index contributed by atoms with van der Waals surface area (Å²) in [4.78, 5) is 20.2. The van der Waals surface area contributed by atoms with Crippen molar-refractivity contribution < 1.29 is 4.79 Å². The normalized spacial score (nSPS) is 25.0. The largest absolute Gasteiger partial charge is 0.370 e. The summed E-state index contributed by atoms with van der Waals surface area (Å²) in [7, 11) is 0. The fourth-order valence-corrected chi connectivity index (χ4v) is 3.77. The van der Waals surface area contributed by atoms with Gasteiger partial charge in [-0.25, -0.2) is 0 Å². The summed E-state index contributed by atoms with van der Waals surface area (Å²) in [6.45, 7) is 5.60. The summed E-state index contributed by atoms with van der Waals surface area (Å²) < 4.78 is 0. The van der Waals surface area contributed by atoms with Gasteiger partial charge in [-0.15, -0.1) is 0 Å². The van der Waals surface area contributed by atoms with Crippen molar-refractivity contribution in [3.05, 3.63) is 0 Å². The minimum absolute atomic E-state index is 0.0261. The number of amides is 1. The van der Waals surface area contributed by atoms with E-state index in [1.54, 1.807) is 0 Å². The van der Waals surface area contributed by atoms with E-state index in [1.165, 1.54) is 0 Å². The number of nitrogens with zero attached hydrogens (tertiary/aromatic N) is 3. The highest BCUT2D eigenvalue weighted by molar-refractivity contribution is 7.99. The summed E-state index contributed by atoms with van der Waals surface area (Å²) in [5.41, 5.74) is 11.4. The number of carbonyl (C=O) groups excluding carboxylic acids is 1. The molecule has 2 aliphatic heterocycles. The van der Waals surface area contributed by atoms with Crippen molar-refractivity contribution in [3.63, 3.8) is 0 Å². The van der Waals surface area contributed by atoms with Crippen LogP contribution in [0.25, 0.3) is 0 Å². The van der Waals surface area contributed by atoms with Gasteiger partial charge in [-0.2, -0.15) is 11.8 Å². The zero-order chi connectivity index (χ0) is 15.1. The van der Waals surface area contributed by atoms with Crippen LogP contribution in [-0.2, 0) is 4.79 Å².